The Bertz CT molecular complexity index is 1010. The third kappa shape index (κ3) is 4.37. The van der Waals surface area contributed by atoms with E-state index in [0.717, 1.165) is 5.56 Å². The van der Waals surface area contributed by atoms with Gasteiger partial charge < -0.3 is 0 Å². The first-order valence-corrected chi connectivity index (χ1v) is 10.9. The number of nitro groups is 1. The maximum atomic E-state index is 12.9. The normalized spacial score (nSPS) is 14.3. The minimum absolute atomic E-state index is 0.0205. The molecule has 0 amide bonds. The molecule has 0 spiro atoms. The number of hydrogen-bond acceptors (Lipinski definition) is 6. The number of hydrogen-bond donors (Lipinski definition) is 0. The molecular weight excluding hydrogens is 433 g/mol. The molecule has 2 aromatic rings. The lowest BCUT2D eigenvalue weighted by Crippen LogP contribution is -2.32. The van der Waals surface area contributed by atoms with Crippen LogP contribution in [0.1, 0.15) is 5.56 Å². The van der Waals surface area contributed by atoms with Crippen LogP contribution in [-0.2, 0) is 15.8 Å². The minimum Gasteiger partial charge on any atom is -0.260 e. The van der Waals surface area contributed by atoms with Crippen molar-refractivity contribution in [2.45, 2.75) is 10.6 Å². The molecule has 0 aliphatic carbocycles. The van der Waals surface area contributed by atoms with Gasteiger partial charge in [-0.2, -0.15) is 0 Å². The number of thioether (sulfide) groups is 1. The number of sulfonamides is 1. The van der Waals surface area contributed by atoms with E-state index in [1.165, 1.54) is 40.3 Å². The maximum Gasteiger partial charge on any atom is 0.269 e. The van der Waals surface area contributed by atoms with Gasteiger partial charge in [0.25, 0.3) is 15.7 Å². The summed E-state index contributed by atoms with van der Waals surface area (Å²) in [6.07, 6.45) is 0. The molecule has 1 aliphatic heterocycles. The van der Waals surface area contributed by atoms with Gasteiger partial charge in [-0.25, -0.2) is 12.7 Å². The van der Waals surface area contributed by atoms with Crippen LogP contribution >= 0.6 is 35.0 Å². The van der Waals surface area contributed by atoms with Crippen molar-refractivity contribution in [2.75, 3.05) is 13.1 Å². The summed E-state index contributed by atoms with van der Waals surface area (Å²) in [4.78, 5) is 14.4. The van der Waals surface area contributed by atoms with Crippen LogP contribution in [-0.4, -0.2) is 35.9 Å². The molecule has 0 N–H and O–H groups in total. The zero-order valence-electron chi connectivity index (χ0n) is 13.7. The lowest BCUT2D eigenvalue weighted by atomic mass is 10.2. The third-order valence-electron chi connectivity index (χ3n) is 3.77. The molecule has 0 bridgehead atoms. The van der Waals surface area contributed by atoms with Crippen molar-refractivity contribution in [3.8, 4) is 0 Å². The summed E-state index contributed by atoms with van der Waals surface area (Å²) in [5, 5.41) is 12.1. The number of halogens is 2. The molecule has 2 aromatic carbocycles. The largest absolute Gasteiger partial charge is 0.269 e. The lowest BCUT2D eigenvalue weighted by molar-refractivity contribution is -0.384. The van der Waals surface area contributed by atoms with Crippen LogP contribution in [0.15, 0.2) is 52.4 Å². The second-order valence-corrected chi connectivity index (χ2v) is 9.17. The zero-order valence-corrected chi connectivity index (χ0v) is 16.9. The highest BCUT2D eigenvalue weighted by Gasteiger charge is 2.31. The predicted molar refractivity (Wildman–Crippen MR) is 107 cm³/mol. The second-order valence-electron chi connectivity index (χ2n) is 5.52. The van der Waals surface area contributed by atoms with E-state index in [1.807, 2.05) is 0 Å². The maximum absolute atomic E-state index is 12.9. The average Bonchev–Trinajstić information content (AvgIpc) is 3.10. The molecule has 3 rings (SSSR count). The van der Waals surface area contributed by atoms with Crippen molar-refractivity contribution in [1.82, 2.24) is 4.31 Å². The molecule has 0 radical (unpaired) electrons. The van der Waals surface area contributed by atoms with E-state index in [9.17, 15) is 18.5 Å². The standard InChI is InChI=1S/C16H13Cl2N3O4S2/c17-12-2-1-11(15(18)9-12)10-26-16-19-7-8-20(16)27(24,25)14-5-3-13(4-6-14)21(22)23/h1-6,9H,7-8,10H2. The Balaban J connectivity index is 1.77. The number of aliphatic imine (C=N–C) groups is 1. The first-order valence-electron chi connectivity index (χ1n) is 7.67. The van der Waals surface area contributed by atoms with Crippen LogP contribution < -0.4 is 0 Å². The Labute approximate surface area is 170 Å². The summed E-state index contributed by atoms with van der Waals surface area (Å²) in [5.74, 6) is 0.432. The molecule has 0 atom stereocenters. The van der Waals surface area contributed by atoms with Gasteiger partial charge in [0.05, 0.1) is 22.9 Å². The molecule has 0 saturated heterocycles. The molecule has 1 aliphatic rings. The van der Waals surface area contributed by atoms with Gasteiger partial charge in [-0.3, -0.25) is 15.1 Å². The topological polar surface area (TPSA) is 92.9 Å². The van der Waals surface area contributed by atoms with E-state index >= 15 is 0 Å². The lowest BCUT2D eigenvalue weighted by Gasteiger charge is -2.20. The van der Waals surface area contributed by atoms with Crippen LogP contribution in [0.25, 0.3) is 0 Å². The van der Waals surface area contributed by atoms with E-state index in [2.05, 4.69) is 4.99 Å². The van der Waals surface area contributed by atoms with Crippen LogP contribution in [0.5, 0.6) is 0 Å². The predicted octanol–water partition coefficient (Wildman–Crippen LogP) is 4.20. The van der Waals surface area contributed by atoms with E-state index in [4.69, 9.17) is 23.2 Å². The Morgan fingerprint density at radius 1 is 1.19 bits per heavy atom. The van der Waals surface area contributed by atoms with E-state index in [1.54, 1.807) is 18.2 Å². The molecule has 11 heteroatoms. The number of benzene rings is 2. The highest BCUT2D eigenvalue weighted by atomic mass is 35.5. The number of rotatable bonds is 5. The van der Waals surface area contributed by atoms with E-state index in [0.29, 0.717) is 27.5 Å². The van der Waals surface area contributed by atoms with Gasteiger partial charge in [-0.05, 0) is 29.8 Å². The summed E-state index contributed by atoms with van der Waals surface area (Å²) in [6, 6.07) is 9.91. The van der Waals surface area contributed by atoms with Crippen molar-refractivity contribution < 1.29 is 13.3 Å². The Hall–Kier alpha value is -1.81. The second kappa shape index (κ2) is 8.05. The Kier molecular flexibility index (Phi) is 5.95. The van der Waals surface area contributed by atoms with Crippen molar-refractivity contribution in [2.24, 2.45) is 4.99 Å². The molecule has 142 valence electrons. The summed E-state index contributed by atoms with van der Waals surface area (Å²) < 4.78 is 26.9. The minimum atomic E-state index is -3.85. The van der Waals surface area contributed by atoms with Gasteiger partial charge in [0.2, 0.25) is 0 Å². The molecule has 1 heterocycles. The fourth-order valence-corrected chi connectivity index (χ4v) is 5.68. The first-order chi connectivity index (χ1) is 12.8. The summed E-state index contributed by atoms with van der Waals surface area (Å²) >= 11 is 13.3. The third-order valence-corrected chi connectivity index (χ3v) is 7.34. The van der Waals surface area contributed by atoms with Gasteiger partial charge in [-0.15, -0.1) is 0 Å². The van der Waals surface area contributed by atoms with E-state index < -0.39 is 14.9 Å². The monoisotopic (exact) mass is 445 g/mol. The average molecular weight is 446 g/mol. The van der Waals surface area contributed by atoms with Gasteiger partial charge in [-0.1, -0.05) is 41.0 Å². The summed E-state index contributed by atoms with van der Waals surface area (Å²) in [7, 11) is -3.85. The summed E-state index contributed by atoms with van der Waals surface area (Å²) in [6.45, 7) is 0.568. The van der Waals surface area contributed by atoms with Crippen molar-refractivity contribution in [1.29, 1.82) is 0 Å². The van der Waals surface area contributed by atoms with Crippen LogP contribution in [0, 0.1) is 10.1 Å². The summed E-state index contributed by atoms with van der Waals surface area (Å²) in [5.41, 5.74) is 0.643. The number of amidine groups is 1. The quantitative estimate of drug-likeness (QED) is 0.507. The van der Waals surface area contributed by atoms with E-state index in [-0.39, 0.29) is 17.1 Å². The number of non-ortho nitro benzene ring substituents is 1. The van der Waals surface area contributed by atoms with Crippen LogP contribution in [0.3, 0.4) is 0 Å². The molecule has 0 saturated carbocycles. The smallest absolute Gasteiger partial charge is 0.260 e. The Morgan fingerprint density at radius 3 is 2.52 bits per heavy atom. The zero-order chi connectivity index (χ0) is 19.6. The Morgan fingerprint density at radius 2 is 1.89 bits per heavy atom. The molecular formula is C16H13Cl2N3O4S2. The molecule has 7 nitrogen and oxygen atoms in total. The first kappa shape index (κ1) is 19.9. The van der Waals surface area contributed by atoms with Gasteiger partial charge in [0.15, 0.2) is 5.17 Å². The van der Waals surface area contributed by atoms with Crippen molar-refractivity contribution >= 4 is 55.8 Å². The fourth-order valence-electron chi connectivity index (χ4n) is 2.40. The van der Waals surface area contributed by atoms with Gasteiger partial charge in [0.1, 0.15) is 0 Å². The van der Waals surface area contributed by atoms with Crippen molar-refractivity contribution in [3.63, 3.8) is 0 Å². The van der Waals surface area contributed by atoms with Gasteiger partial charge in [0, 0.05) is 27.9 Å². The van der Waals surface area contributed by atoms with Crippen molar-refractivity contribution in [3.05, 3.63) is 68.2 Å². The highest BCUT2D eigenvalue weighted by molar-refractivity contribution is 8.14. The highest BCUT2D eigenvalue weighted by Crippen LogP contribution is 2.29. The molecule has 0 unspecified atom stereocenters. The molecule has 0 fully saturated rings. The van der Waals surface area contributed by atoms with Crippen LogP contribution in [0.4, 0.5) is 5.69 Å². The SMILES string of the molecule is O=[N+]([O-])c1ccc(S(=O)(=O)N2CCN=C2SCc2ccc(Cl)cc2Cl)cc1. The fraction of sp³-hybridized carbons (Fsp3) is 0.188. The number of nitro benzene ring substituents is 1. The molecule has 0 aromatic heterocycles. The number of nitrogens with zero attached hydrogens (tertiary/aromatic N) is 3. The molecule has 27 heavy (non-hydrogen) atoms. The van der Waals surface area contributed by atoms with Crippen LogP contribution in [0.2, 0.25) is 10.0 Å². The van der Waals surface area contributed by atoms with Gasteiger partial charge >= 0.3 is 0 Å².